The molecule has 3 nitrogen and oxygen atoms in total. The number of hydrogen-bond donors (Lipinski definition) is 2. The van der Waals surface area contributed by atoms with Gasteiger partial charge in [-0.2, -0.15) is 0 Å². The van der Waals surface area contributed by atoms with Crippen molar-refractivity contribution in [3.63, 3.8) is 0 Å². The van der Waals surface area contributed by atoms with E-state index in [1.54, 1.807) is 30.3 Å². The Morgan fingerprint density at radius 3 is 2.68 bits per heavy atom. The van der Waals surface area contributed by atoms with Crippen LogP contribution in [0.25, 0.3) is 0 Å². The van der Waals surface area contributed by atoms with Gasteiger partial charge in [-0.05, 0) is 45.8 Å². The first-order chi connectivity index (χ1) is 9.08. The van der Waals surface area contributed by atoms with Crippen LogP contribution in [0.2, 0.25) is 0 Å². The second-order valence-electron chi connectivity index (χ2n) is 3.95. The maximum absolute atomic E-state index is 13.1. The number of carboxylic acids is 1. The molecule has 2 rings (SSSR count). The third-order valence-electron chi connectivity index (χ3n) is 2.62. The molecule has 0 unspecified atom stereocenters. The molecular weight excluding hydrogens is 313 g/mol. The van der Waals surface area contributed by atoms with Gasteiger partial charge in [-0.3, -0.25) is 0 Å². The van der Waals surface area contributed by atoms with Gasteiger partial charge in [-0.25, -0.2) is 9.18 Å². The van der Waals surface area contributed by atoms with E-state index in [2.05, 4.69) is 21.2 Å². The van der Waals surface area contributed by atoms with Gasteiger partial charge in [0.25, 0.3) is 0 Å². The lowest BCUT2D eigenvalue weighted by Crippen LogP contribution is -2.06. The molecule has 0 aromatic heterocycles. The van der Waals surface area contributed by atoms with Gasteiger partial charge in [0.2, 0.25) is 0 Å². The van der Waals surface area contributed by atoms with Crippen molar-refractivity contribution in [1.29, 1.82) is 0 Å². The Labute approximate surface area is 118 Å². The van der Waals surface area contributed by atoms with Crippen molar-refractivity contribution < 1.29 is 14.3 Å². The fraction of sp³-hybridized carbons (Fsp3) is 0.0714. The van der Waals surface area contributed by atoms with Gasteiger partial charge in [-0.1, -0.05) is 18.2 Å². The predicted molar refractivity (Wildman–Crippen MR) is 74.8 cm³/mol. The highest BCUT2D eigenvalue weighted by molar-refractivity contribution is 9.10. The van der Waals surface area contributed by atoms with Crippen molar-refractivity contribution in [1.82, 2.24) is 0 Å². The van der Waals surface area contributed by atoms with E-state index >= 15 is 0 Å². The summed E-state index contributed by atoms with van der Waals surface area (Å²) in [5.41, 5.74) is 1.60. The number of benzene rings is 2. The summed E-state index contributed by atoms with van der Waals surface area (Å²) in [7, 11) is 0. The Hall–Kier alpha value is -1.88. The number of nitrogens with one attached hydrogen (secondary N) is 1. The average Bonchev–Trinajstić information content (AvgIpc) is 2.40. The van der Waals surface area contributed by atoms with Gasteiger partial charge < -0.3 is 10.4 Å². The molecule has 2 N–H and O–H groups in total. The molecule has 2 aromatic carbocycles. The Bertz CT molecular complexity index is 616. The summed E-state index contributed by atoms with van der Waals surface area (Å²) in [4.78, 5) is 11.0. The largest absolute Gasteiger partial charge is 0.478 e. The van der Waals surface area contributed by atoms with Crippen LogP contribution in [0, 0.1) is 5.82 Å². The molecular formula is C14H11BrFNO2. The summed E-state index contributed by atoms with van der Waals surface area (Å²) < 4.78 is 13.5. The number of anilines is 1. The molecule has 0 radical (unpaired) electrons. The van der Waals surface area contributed by atoms with E-state index in [0.717, 1.165) is 5.56 Å². The molecule has 0 aliphatic carbocycles. The molecule has 2 aromatic rings. The molecule has 0 heterocycles. The molecule has 0 fully saturated rings. The number of para-hydroxylation sites is 1. The lowest BCUT2D eigenvalue weighted by Gasteiger charge is -2.09. The SMILES string of the molecule is O=C(O)c1ccccc1NCc1ccc(F)c(Br)c1. The minimum absolute atomic E-state index is 0.212. The van der Waals surface area contributed by atoms with Crippen molar-refractivity contribution in [2.45, 2.75) is 6.54 Å². The van der Waals surface area contributed by atoms with Crippen LogP contribution in [0.5, 0.6) is 0 Å². The van der Waals surface area contributed by atoms with Crippen LogP contribution < -0.4 is 5.32 Å². The Kier molecular flexibility index (Phi) is 4.16. The van der Waals surface area contributed by atoms with E-state index < -0.39 is 5.97 Å². The van der Waals surface area contributed by atoms with Crippen molar-refractivity contribution >= 4 is 27.6 Å². The predicted octanol–water partition coefficient (Wildman–Crippen LogP) is 3.90. The van der Waals surface area contributed by atoms with Gasteiger partial charge in [0.15, 0.2) is 0 Å². The third-order valence-corrected chi connectivity index (χ3v) is 3.23. The molecule has 19 heavy (non-hydrogen) atoms. The summed E-state index contributed by atoms with van der Waals surface area (Å²) in [5, 5.41) is 12.1. The fourth-order valence-electron chi connectivity index (χ4n) is 1.67. The molecule has 0 saturated carbocycles. The number of aromatic carboxylic acids is 1. The molecule has 5 heteroatoms. The van der Waals surface area contributed by atoms with Crippen LogP contribution in [-0.2, 0) is 6.54 Å². The van der Waals surface area contributed by atoms with Gasteiger partial charge in [0.1, 0.15) is 5.82 Å². The number of hydrogen-bond acceptors (Lipinski definition) is 2. The quantitative estimate of drug-likeness (QED) is 0.897. The van der Waals surface area contributed by atoms with Crippen LogP contribution in [0.4, 0.5) is 10.1 Å². The third kappa shape index (κ3) is 3.32. The highest BCUT2D eigenvalue weighted by Gasteiger charge is 2.08. The van der Waals surface area contributed by atoms with Crippen LogP contribution in [0.15, 0.2) is 46.9 Å². The first-order valence-electron chi connectivity index (χ1n) is 5.58. The van der Waals surface area contributed by atoms with E-state index in [0.29, 0.717) is 16.7 Å². The van der Waals surface area contributed by atoms with Crippen molar-refractivity contribution in [3.8, 4) is 0 Å². The minimum atomic E-state index is -0.983. The molecule has 0 saturated heterocycles. The highest BCUT2D eigenvalue weighted by atomic mass is 79.9. The second-order valence-corrected chi connectivity index (χ2v) is 4.81. The van der Waals surface area contributed by atoms with Gasteiger partial charge >= 0.3 is 5.97 Å². The zero-order valence-corrected chi connectivity index (χ0v) is 11.4. The molecule has 0 amide bonds. The average molecular weight is 324 g/mol. The van der Waals surface area contributed by atoms with E-state index in [4.69, 9.17) is 5.11 Å². The van der Waals surface area contributed by atoms with Gasteiger partial charge in [0, 0.05) is 12.2 Å². The maximum Gasteiger partial charge on any atom is 0.337 e. The monoisotopic (exact) mass is 323 g/mol. The van der Waals surface area contributed by atoms with E-state index in [9.17, 15) is 9.18 Å². The van der Waals surface area contributed by atoms with E-state index in [-0.39, 0.29) is 11.4 Å². The number of carbonyl (C=O) groups is 1. The van der Waals surface area contributed by atoms with Crippen molar-refractivity contribution in [3.05, 3.63) is 63.9 Å². The summed E-state index contributed by atoms with van der Waals surface area (Å²) in [6, 6.07) is 11.3. The number of carboxylic acid groups (broad SMARTS) is 1. The zero-order chi connectivity index (χ0) is 13.8. The standard InChI is InChI=1S/C14H11BrFNO2/c15-11-7-9(5-6-12(11)16)8-17-13-4-2-1-3-10(13)14(18)19/h1-7,17H,8H2,(H,18,19). The topological polar surface area (TPSA) is 49.3 Å². The maximum atomic E-state index is 13.1. The van der Waals surface area contributed by atoms with Crippen molar-refractivity contribution in [2.24, 2.45) is 0 Å². The lowest BCUT2D eigenvalue weighted by atomic mass is 10.1. The Morgan fingerprint density at radius 1 is 1.26 bits per heavy atom. The summed E-state index contributed by atoms with van der Waals surface area (Å²) in [5.74, 6) is -1.31. The summed E-state index contributed by atoms with van der Waals surface area (Å²) in [6.07, 6.45) is 0. The van der Waals surface area contributed by atoms with E-state index in [1.807, 2.05) is 0 Å². The molecule has 0 spiro atoms. The molecule has 0 aliphatic rings. The number of halogens is 2. The molecule has 98 valence electrons. The zero-order valence-electron chi connectivity index (χ0n) is 9.86. The molecule has 0 aliphatic heterocycles. The first kappa shape index (κ1) is 13.5. The summed E-state index contributed by atoms with van der Waals surface area (Å²) in [6.45, 7) is 0.420. The van der Waals surface area contributed by atoms with Crippen LogP contribution in [-0.4, -0.2) is 11.1 Å². The number of rotatable bonds is 4. The van der Waals surface area contributed by atoms with Gasteiger partial charge in [0.05, 0.1) is 10.0 Å². The molecule has 0 atom stereocenters. The lowest BCUT2D eigenvalue weighted by molar-refractivity contribution is 0.0698. The van der Waals surface area contributed by atoms with Gasteiger partial charge in [-0.15, -0.1) is 0 Å². The minimum Gasteiger partial charge on any atom is -0.478 e. The Balaban J connectivity index is 2.14. The van der Waals surface area contributed by atoms with Crippen LogP contribution >= 0.6 is 15.9 Å². The Morgan fingerprint density at radius 2 is 2.00 bits per heavy atom. The van der Waals surface area contributed by atoms with Crippen molar-refractivity contribution in [2.75, 3.05) is 5.32 Å². The fourth-order valence-corrected chi connectivity index (χ4v) is 2.10. The second kappa shape index (κ2) is 5.84. The summed E-state index contributed by atoms with van der Waals surface area (Å²) >= 11 is 3.11. The smallest absolute Gasteiger partial charge is 0.337 e. The van der Waals surface area contributed by atoms with E-state index in [1.165, 1.54) is 12.1 Å². The first-order valence-corrected chi connectivity index (χ1v) is 6.37. The normalized spacial score (nSPS) is 10.2. The van der Waals surface area contributed by atoms with Crippen LogP contribution in [0.3, 0.4) is 0 Å². The molecule has 0 bridgehead atoms. The van der Waals surface area contributed by atoms with Crippen LogP contribution in [0.1, 0.15) is 15.9 Å². The highest BCUT2D eigenvalue weighted by Crippen LogP contribution is 2.19.